The van der Waals surface area contributed by atoms with E-state index in [1.54, 1.807) is 18.6 Å². The number of carbonyl (C=O) groups excluding carboxylic acids is 1. The Morgan fingerprint density at radius 3 is 2.82 bits per heavy atom. The molecule has 1 aliphatic heterocycles. The van der Waals surface area contributed by atoms with E-state index in [-0.39, 0.29) is 6.03 Å². The van der Waals surface area contributed by atoms with Crippen molar-refractivity contribution in [2.24, 2.45) is 5.92 Å². The van der Waals surface area contributed by atoms with Crippen molar-refractivity contribution in [3.05, 3.63) is 54.5 Å². The Labute approximate surface area is 164 Å². The van der Waals surface area contributed by atoms with Crippen molar-refractivity contribution >= 4 is 28.6 Å². The Morgan fingerprint density at radius 1 is 1.14 bits per heavy atom. The second-order valence-corrected chi connectivity index (χ2v) is 7.17. The lowest BCUT2D eigenvalue weighted by atomic mass is 9.98. The van der Waals surface area contributed by atoms with Gasteiger partial charge in [-0.15, -0.1) is 0 Å². The van der Waals surface area contributed by atoms with Gasteiger partial charge in [0, 0.05) is 43.6 Å². The molecule has 1 fully saturated rings. The number of hydrogen-bond acceptors (Lipinski definition) is 5. The molecule has 0 bridgehead atoms. The third-order valence-corrected chi connectivity index (χ3v) is 5.12. The fourth-order valence-corrected chi connectivity index (χ4v) is 3.69. The standard InChI is InChI=1S/C21H24N6O/c1-15-7-8-18(17-6-2-9-22-19(15)17)26-21(28)25-13-16-5-3-12-27(14-16)20-23-10-4-11-24-20/h2,4,6-11,16H,3,5,12-14H2,1H3,(H2,25,26,28)/t16-/m1/s1. The lowest BCUT2D eigenvalue weighted by Crippen LogP contribution is -2.42. The van der Waals surface area contributed by atoms with Gasteiger partial charge in [-0.3, -0.25) is 4.98 Å². The molecule has 1 saturated heterocycles. The zero-order valence-electron chi connectivity index (χ0n) is 15.9. The average molecular weight is 376 g/mol. The van der Waals surface area contributed by atoms with E-state index in [0.717, 1.165) is 54.0 Å². The quantitative estimate of drug-likeness (QED) is 0.729. The molecule has 144 valence electrons. The minimum Gasteiger partial charge on any atom is -0.340 e. The summed E-state index contributed by atoms with van der Waals surface area (Å²) >= 11 is 0. The molecule has 0 aliphatic carbocycles. The minimum absolute atomic E-state index is 0.193. The summed E-state index contributed by atoms with van der Waals surface area (Å²) in [4.78, 5) is 27.7. The van der Waals surface area contributed by atoms with Gasteiger partial charge in [0.15, 0.2) is 0 Å². The Hall–Kier alpha value is -3.22. The maximum absolute atomic E-state index is 12.5. The molecule has 0 radical (unpaired) electrons. The number of anilines is 2. The van der Waals surface area contributed by atoms with Crippen molar-refractivity contribution in [2.45, 2.75) is 19.8 Å². The number of hydrogen-bond donors (Lipinski definition) is 2. The normalized spacial score (nSPS) is 16.8. The van der Waals surface area contributed by atoms with E-state index >= 15 is 0 Å². The van der Waals surface area contributed by atoms with Crippen LogP contribution in [0.15, 0.2) is 48.9 Å². The molecule has 2 N–H and O–H groups in total. The van der Waals surface area contributed by atoms with Gasteiger partial charge in [0.2, 0.25) is 5.95 Å². The van der Waals surface area contributed by atoms with Crippen LogP contribution in [0.1, 0.15) is 18.4 Å². The third kappa shape index (κ3) is 4.03. The molecular weight excluding hydrogens is 352 g/mol. The average Bonchev–Trinajstić information content (AvgIpc) is 2.75. The first-order valence-corrected chi connectivity index (χ1v) is 9.62. The highest BCUT2D eigenvalue weighted by Gasteiger charge is 2.22. The van der Waals surface area contributed by atoms with Crippen LogP contribution >= 0.6 is 0 Å². The number of fused-ring (bicyclic) bond motifs is 1. The van der Waals surface area contributed by atoms with Gasteiger partial charge in [-0.05, 0) is 55.5 Å². The lowest BCUT2D eigenvalue weighted by Gasteiger charge is -2.32. The van der Waals surface area contributed by atoms with E-state index in [4.69, 9.17) is 0 Å². The number of pyridine rings is 1. The molecule has 7 nitrogen and oxygen atoms in total. The second kappa shape index (κ2) is 8.21. The molecule has 4 rings (SSSR count). The van der Waals surface area contributed by atoms with Crippen LogP contribution in [0.4, 0.5) is 16.4 Å². The highest BCUT2D eigenvalue weighted by Crippen LogP contribution is 2.24. The van der Waals surface area contributed by atoms with Crippen molar-refractivity contribution in [3.8, 4) is 0 Å². The maximum atomic E-state index is 12.5. The summed E-state index contributed by atoms with van der Waals surface area (Å²) in [7, 11) is 0. The summed E-state index contributed by atoms with van der Waals surface area (Å²) in [5.41, 5.74) is 2.77. The molecule has 28 heavy (non-hydrogen) atoms. The summed E-state index contributed by atoms with van der Waals surface area (Å²) in [6.07, 6.45) is 7.45. The van der Waals surface area contributed by atoms with Gasteiger partial charge in [-0.25, -0.2) is 14.8 Å². The SMILES string of the molecule is Cc1ccc(NC(=O)NC[C@H]2CCCN(c3ncccn3)C2)c2cccnc12. The first-order valence-electron chi connectivity index (χ1n) is 9.62. The number of amides is 2. The number of carbonyl (C=O) groups is 1. The molecule has 1 atom stereocenters. The fourth-order valence-electron chi connectivity index (χ4n) is 3.69. The number of urea groups is 1. The van der Waals surface area contributed by atoms with Gasteiger partial charge in [0.25, 0.3) is 0 Å². The molecule has 1 aliphatic rings. The molecule has 0 saturated carbocycles. The molecule has 1 aromatic carbocycles. The Bertz CT molecular complexity index is 962. The minimum atomic E-state index is -0.193. The monoisotopic (exact) mass is 376 g/mol. The number of nitrogens with one attached hydrogen (secondary N) is 2. The third-order valence-electron chi connectivity index (χ3n) is 5.12. The van der Waals surface area contributed by atoms with Gasteiger partial charge in [0.1, 0.15) is 0 Å². The van der Waals surface area contributed by atoms with Crippen LogP contribution in [0.3, 0.4) is 0 Å². The predicted molar refractivity (Wildman–Crippen MR) is 110 cm³/mol. The van der Waals surface area contributed by atoms with E-state index < -0.39 is 0 Å². The van der Waals surface area contributed by atoms with Gasteiger partial charge >= 0.3 is 6.03 Å². The van der Waals surface area contributed by atoms with Crippen molar-refractivity contribution in [3.63, 3.8) is 0 Å². The van der Waals surface area contributed by atoms with Crippen molar-refractivity contribution in [2.75, 3.05) is 29.9 Å². The zero-order valence-corrected chi connectivity index (χ0v) is 15.9. The number of piperidine rings is 1. The van der Waals surface area contributed by atoms with Gasteiger partial charge in [0.05, 0.1) is 11.2 Å². The molecule has 7 heteroatoms. The largest absolute Gasteiger partial charge is 0.340 e. The number of aryl methyl sites for hydroxylation is 1. The van der Waals surface area contributed by atoms with Crippen LogP contribution in [-0.2, 0) is 0 Å². The summed E-state index contributed by atoms with van der Waals surface area (Å²) in [5, 5.41) is 6.93. The Balaban J connectivity index is 1.35. The molecule has 2 amide bonds. The molecule has 3 heterocycles. The second-order valence-electron chi connectivity index (χ2n) is 7.17. The molecule has 3 aromatic rings. The molecule has 0 spiro atoms. The van der Waals surface area contributed by atoms with Crippen molar-refractivity contribution in [1.82, 2.24) is 20.3 Å². The van der Waals surface area contributed by atoms with E-state index in [0.29, 0.717) is 12.5 Å². The molecule has 0 unspecified atom stereocenters. The van der Waals surface area contributed by atoms with Crippen LogP contribution in [0.5, 0.6) is 0 Å². The summed E-state index contributed by atoms with van der Waals surface area (Å²) in [6, 6.07) is 9.39. The number of rotatable bonds is 4. The van der Waals surface area contributed by atoms with E-state index in [1.807, 2.05) is 37.3 Å². The fraction of sp³-hybridized carbons (Fsp3) is 0.333. The topological polar surface area (TPSA) is 83.0 Å². The highest BCUT2D eigenvalue weighted by molar-refractivity contribution is 6.01. The first kappa shape index (κ1) is 18.2. The maximum Gasteiger partial charge on any atom is 0.319 e. The molecule has 2 aromatic heterocycles. The summed E-state index contributed by atoms with van der Waals surface area (Å²) in [5.74, 6) is 1.13. The number of nitrogens with zero attached hydrogens (tertiary/aromatic N) is 4. The van der Waals surface area contributed by atoms with Crippen LogP contribution < -0.4 is 15.5 Å². The van der Waals surface area contributed by atoms with Crippen molar-refractivity contribution in [1.29, 1.82) is 0 Å². The Morgan fingerprint density at radius 2 is 1.96 bits per heavy atom. The number of aromatic nitrogens is 3. The Kier molecular flexibility index (Phi) is 5.32. The van der Waals surface area contributed by atoms with E-state index in [2.05, 4.69) is 30.5 Å². The summed E-state index contributed by atoms with van der Waals surface area (Å²) < 4.78 is 0. The van der Waals surface area contributed by atoms with Crippen LogP contribution in [0.2, 0.25) is 0 Å². The van der Waals surface area contributed by atoms with E-state index in [9.17, 15) is 4.79 Å². The van der Waals surface area contributed by atoms with Crippen LogP contribution in [0.25, 0.3) is 10.9 Å². The summed E-state index contributed by atoms with van der Waals surface area (Å²) in [6.45, 7) is 4.44. The van der Waals surface area contributed by atoms with Gasteiger partial charge < -0.3 is 15.5 Å². The van der Waals surface area contributed by atoms with Crippen LogP contribution in [-0.4, -0.2) is 40.6 Å². The van der Waals surface area contributed by atoms with Crippen molar-refractivity contribution < 1.29 is 4.79 Å². The van der Waals surface area contributed by atoms with E-state index in [1.165, 1.54) is 0 Å². The van der Waals surface area contributed by atoms with Gasteiger partial charge in [-0.1, -0.05) is 6.07 Å². The van der Waals surface area contributed by atoms with Gasteiger partial charge in [-0.2, -0.15) is 0 Å². The predicted octanol–water partition coefficient (Wildman–Crippen LogP) is 3.37. The smallest absolute Gasteiger partial charge is 0.319 e. The highest BCUT2D eigenvalue weighted by atomic mass is 16.2. The lowest BCUT2D eigenvalue weighted by molar-refractivity contribution is 0.249. The molecular formula is C21H24N6O. The first-order chi connectivity index (χ1) is 13.7. The number of benzene rings is 1. The van der Waals surface area contributed by atoms with Crippen LogP contribution in [0, 0.1) is 12.8 Å². The zero-order chi connectivity index (χ0) is 19.3.